The molecule has 0 spiro atoms. The van der Waals surface area contributed by atoms with Crippen LogP contribution in [0.25, 0.3) is 0 Å². The van der Waals surface area contributed by atoms with Crippen LogP contribution in [0.4, 0.5) is 11.8 Å². The third kappa shape index (κ3) is 4.58. The Morgan fingerprint density at radius 1 is 1.12 bits per heavy atom. The van der Waals surface area contributed by atoms with Crippen LogP contribution < -0.4 is 9.80 Å². The molecule has 2 aromatic rings. The van der Waals surface area contributed by atoms with Gasteiger partial charge in [0.15, 0.2) is 0 Å². The van der Waals surface area contributed by atoms with Crippen LogP contribution in [-0.4, -0.2) is 55.1 Å². The number of halogens is 2. The number of hydrogen-bond acceptors (Lipinski definition) is 5. The van der Waals surface area contributed by atoms with E-state index >= 15 is 0 Å². The van der Waals surface area contributed by atoms with Crippen molar-refractivity contribution in [2.45, 2.75) is 25.4 Å². The van der Waals surface area contributed by atoms with Crippen molar-refractivity contribution in [3.05, 3.63) is 46.1 Å². The van der Waals surface area contributed by atoms with E-state index in [9.17, 15) is 0 Å². The molecule has 1 aromatic heterocycles. The van der Waals surface area contributed by atoms with Crippen LogP contribution in [-0.2, 0) is 6.54 Å². The number of rotatable bonds is 5. The first-order chi connectivity index (χ1) is 12.4. The van der Waals surface area contributed by atoms with Crippen molar-refractivity contribution in [1.29, 1.82) is 0 Å². The Morgan fingerprint density at radius 3 is 2.50 bits per heavy atom. The normalized spacial score (nSPS) is 15.9. The molecule has 0 bridgehead atoms. The molecule has 1 aliphatic rings. The maximum atomic E-state index is 6.31. The van der Waals surface area contributed by atoms with Crippen molar-refractivity contribution in [2.24, 2.45) is 0 Å². The summed E-state index contributed by atoms with van der Waals surface area (Å²) < 4.78 is 0. The third-order valence-corrected chi connectivity index (χ3v) is 5.49. The SMILES string of the molecule is CN(C)c1nccc(N(C)C2CCN(Cc3ccc(Cl)cc3Cl)CC2)n1. The predicted molar refractivity (Wildman–Crippen MR) is 110 cm³/mol. The first-order valence-electron chi connectivity index (χ1n) is 8.83. The quantitative estimate of drug-likeness (QED) is 0.768. The van der Waals surface area contributed by atoms with Crippen molar-refractivity contribution < 1.29 is 0 Å². The van der Waals surface area contributed by atoms with Gasteiger partial charge in [-0.15, -0.1) is 0 Å². The summed E-state index contributed by atoms with van der Waals surface area (Å²) in [5.41, 5.74) is 1.13. The van der Waals surface area contributed by atoms with Gasteiger partial charge >= 0.3 is 0 Å². The molecule has 0 radical (unpaired) electrons. The number of benzene rings is 1. The third-order valence-electron chi connectivity index (χ3n) is 4.90. The highest BCUT2D eigenvalue weighted by Crippen LogP contribution is 2.25. The van der Waals surface area contributed by atoms with E-state index < -0.39 is 0 Å². The lowest BCUT2D eigenvalue weighted by Crippen LogP contribution is -2.43. The van der Waals surface area contributed by atoms with Gasteiger partial charge in [0.1, 0.15) is 5.82 Å². The lowest BCUT2D eigenvalue weighted by molar-refractivity contribution is 0.203. The summed E-state index contributed by atoms with van der Waals surface area (Å²) >= 11 is 12.3. The number of aromatic nitrogens is 2. The molecule has 1 aromatic carbocycles. The van der Waals surface area contributed by atoms with E-state index in [1.165, 1.54) is 0 Å². The Bertz CT molecular complexity index is 744. The maximum absolute atomic E-state index is 6.31. The van der Waals surface area contributed by atoms with Crippen molar-refractivity contribution in [3.8, 4) is 0 Å². The smallest absolute Gasteiger partial charge is 0.226 e. The zero-order valence-electron chi connectivity index (χ0n) is 15.5. The molecule has 7 heteroatoms. The average molecular weight is 394 g/mol. The van der Waals surface area contributed by atoms with Crippen molar-refractivity contribution >= 4 is 35.0 Å². The van der Waals surface area contributed by atoms with Crippen LogP contribution >= 0.6 is 23.2 Å². The molecule has 140 valence electrons. The standard InChI is InChI=1S/C19H25Cl2N5/c1-24(2)19-22-9-6-18(23-19)25(3)16-7-10-26(11-8-16)13-14-4-5-15(20)12-17(14)21/h4-6,9,12,16H,7-8,10-11,13H2,1-3H3. The minimum absolute atomic E-state index is 0.483. The molecular weight excluding hydrogens is 369 g/mol. The fourth-order valence-electron chi connectivity index (χ4n) is 3.29. The number of likely N-dealkylation sites (tertiary alicyclic amines) is 1. The molecule has 5 nitrogen and oxygen atoms in total. The monoisotopic (exact) mass is 393 g/mol. The summed E-state index contributed by atoms with van der Waals surface area (Å²) in [4.78, 5) is 15.6. The van der Waals surface area contributed by atoms with Gasteiger partial charge in [0.25, 0.3) is 0 Å². The van der Waals surface area contributed by atoms with Gasteiger partial charge in [-0.3, -0.25) is 4.90 Å². The molecule has 0 saturated carbocycles. The molecule has 1 saturated heterocycles. The second-order valence-corrected chi connectivity index (χ2v) is 7.81. The van der Waals surface area contributed by atoms with E-state index in [2.05, 4.69) is 26.8 Å². The van der Waals surface area contributed by atoms with Gasteiger partial charge in [-0.2, -0.15) is 4.98 Å². The summed E-state index contributed by atoms with van der Waals surface area (Å²) in [6.07, 6.45) is 4.03. The largest absolute Gasteiger partial charge is 0.356 e. The molecule has 26 heavy (non-hydrogen) atoms. The minimum atomic E-state index is 0.483. The van der Waals surface area contributed by atoms with Gasteiger partial charge in [-0.25, -0.2) is 4.98 Å². The Kier molecular flexibility index (Phi) is 6.22. The van der Waals surface area contributed by atoms with Crippen molar-refractivity contribution in [2.75, 3.05) is 44.0 Å². The van der Waals surface area contributed by atoms with E-state index in [-0.39, 0.29) is 0 Å². The molecule has 0 unspecified atom stereocenters. The van der Waals surface area contributed by atoms with E-state index in [1.54, 1.807) is 0 Å². The fraction of sp³-hybridized carbons (Fsp3) is 0.474. The summed E-state index contributed by atoms with van der Waals surface area (Å²) in [6, 6.07) is 8.20. The summed E-state index contributed by atoms with van der Waals surface area (Å²) in [5, 5.41) is 1.43. The zero-order valence-corrected chi connectivity index (χ0v) is 17.0. The molecule has 0 amide bonds. The Morgan fingerprint density at radius 2 is 1.85 bits per heavy atom. The average Bonchev–Trinajstić information content (AvgIpc) is 2.64. The van der Waals surface area contributed by atoms with Crippen LogP contribution in [0.3, 0.4) is 0 Å². The molecule has 1 fully saturated rings. The number of nitrogens with zero attached hydrogens (tertiary/aromatic N) is 5. The van der Waals surface area contributed by atoms with Crippen LogP contribution in [0, 0.1) is 0 Å². The predicted octanol–water partition coefficient (Wildman–Crippen LogP) is 3.95. The van der Waals surface area contributed by atoms with E-state index in [4.69, 9.17) is 23.2 Å². The first kappa shape index (κ1) is 19.2. The van der Waals surface area contributed by atoms with Gasteiger partial charge in [0.2, 0.25) is 5.95 Å². The number of hydrogen-bond donors (Lipinski definition) is 0. The van der Waals surface area contributed by atoms with Gasteiger partial charge in [-0.1, -0.05) is 29.3 Å². The van der Waals surface area contributed by atoms with Crippen LogP contribution in [0.2, 0.25) is 10.0 Å². The molecule has 3 rings (SSSR count). The van der Waals surface area contributed by atoms with E-state index in [0.29, 0.717) is 11.1 Å². The maximum Gasteiger partial charge on any atom is 0.226 e. The van der Waals surface area contributed by atoms with E-state index in [0.717, 1.165) is 54.8 Å². The van der Waals surface area contributed by atoms with Gasteiger partial charge in [0, 0.05) is 63.1 Å². The highest BCUT2D eigenvalue weighted by Gasteiger charge is 2.24. The number of anilines is 2. The van der Waals surface area contributed by atoms with Crippen LogP contribution in [0.5, 0.6) is 0 Å². The second-order valence-electron chi connectivity index (χ2n) is 6.96. The summed E-state index contributed by atoms with van der Waals surface area (Å²) in [6.45, 7) is 2.95. The van der Waals surface area contributed by atoms with Gasteiger partial charge < -0.3 is 9.80 Å². The Hall–Kier alpha value is -1.56. The lowest BCUT2D eigenvalue weighted by Gasteiger charge is -2.37. The second kappa shape index (κ2) is 8.42. The summed E-state index contributed by atoms with van der Waals surface area (Å²) in [5.74, 6) is 1.71. The lowest BCUT2D eigenvalue weighted by atomic mass is 10.0. The topological polar surface area (TPSA) is 35.5 Å². The summed E-state index contributed by atoms with van der Waals surface area (Å²) in [7, 11) is 6.04. The highest BCUT2D eigenvalue weighted by atomic mass is 35.5. The molecule has 0 N–H and O–H groups in total. The van der Waals surface area contributed by atoms with Crippen molar-refractivity contribution in [1.82, 2.24) is 14.9 Å². The molecule has 0 aliphatic carbocycles. The Balaban J connectivity index is 1.58. The molecular formula is C19H25Cl2N5. The zero-order chi connectivity index (χ0) is 18.7. The first-order valence-corrected chi connectivity index (χ1v) is 9.59. The Labute approximate surface area is 165 Å². The number of piperidine rings is 1. The molecule has 0 atom stereocenters. The van der Waals surface area contributed by atoms with Crippen LogP contribution in [0.1, 0.15) is 18.4 Å². The minimum Gasteiger partial charge on any atom is -0.356 e. The van der Waals surface area contributed by atoms with Crippen LogP contribution in [0.15, 0.2) is 30.5 Å². The van der Waals surface area contributed by atoms with Gasteiger partial charge in [0.05, 0.1) is 0 Å². The van der Waals surface area contributed by atoms with Gasteiger partial charge in [-0.05, 0) is 36.6 Å². The molecule has 1 aliphatic heterocycles. The van der Waals surface area contributed by atoms with Crippen molar-refractivity contribution in [3.63, 3.8) is 0 Å². The highest BCUT2D eigenvalue weighted by molar-refractivity contribution is 6.35. The van der Waals surface area contributed by atoms with E-state index in [1.807, 2.05) is 49.5 Å². The molecule has 2 heterocycles. The fourth-order valence-corrected chi connectivity index (χ4v) is 3.76.